The Morgan fingerprint density at radius 3 is 2.43 bits per heavy atom. The van der Waals surface area contributed by atoms with Crippen molar-refractivity contribution < 1.29 is 17.9 Å². The highest BCUT2D eigenvalue weighted by molar-refractivity contribution is 7.92. The van der Waals surface area contributed by atoms with Crippen LogP contribution in [0.4, 0.5) is 5.69 Å². The van der Waals surface area contributed by atoms with E-state index in [-0.39, 0.29) is 24.2 Å². The number of ether oxygens (including phenoxy) is 1. The van der Waals surface area contributed by atoms with Gasteiger partial charge in [-0.15, -0.1) is 0 Å². The maximum absolute atomic E-state index is 13.2. The van der Waals surface area contributed by atoms with Gasteiger partial charge in [0.05, 0.1) is 18.0 Å². The van der Waals surface area contributed by atoms with Crippen LogP contribution in [0, 0.1) is 0 Å². The molecule has 1 unspecified atom stereocenters. The predicted octanol–water partition coefficient (Wildman–Crippen LogP) is 3.09. The molecule has 150 valence electrons. The van der Waals surface area contributed by atoms with Crippen molar-refractivity contribution in [2.45, 2.75) is 44.6 Å². The van der Waals surface area contributed by atoms with E-state index >= 15 is 0 Å². The molecule has 0 aliphatic carbocycles. The monoisotopic (exact) mass is 402 g/mol. The van der Waals surface area contributed by atoms with Gasteiger partial charge < -0.3 is 10.1 Å². The van der Waals surface area contributed by atoms with Gasteiger partial charge in [-0.05, 0) is 30.5 Å². The number of sulfonamides is 1. The molecule has 6 nitrogen and oxygen atoms in total. The van der Waals surface area contributed by atoms with Crippen LogP contribution in [-0.2, 0) is 20.6 Å². The van der Waals surface area contributed by atoms with Crippen LogP contribution >= 0.6 is 0 Å². The van der Waals surface area contributed by atoms with E-state index in [0.29, 0.717) is 17.0 Å². The maximum Gasteiger partial charge on any atom is 0.263 e. The molecule has 0 saturated heterocycles. The third-order valence-corrected chi connectivity index (χ3v) is 6.60. The SMILES string of the molecule is CCC(CC)NC(=O)C1CN(S(=O)(=O)Cc2ccccc2)c2ccccc2O1. The Bertz CT molecular complexity index is 911. The Balaban J connectivity index is 1.88. The van der Waals surface area contributed by atoms with Crippen molar-refractivity contribution >= 4 is 21.6 Å². The molecule has 1 amide bonds. The fourth-order valence-corrected chi connectivity index (χ4v) is 4.83. The number of rotatable bonds is 7. The normalized spacial score (nSPS) is 16.4. The number of hydrogen-bond donors (Lipinski definition) is 1. The number of hydrogen-bond acceptors (Lipinski definition) is 4. The summed E-state index contributed by atoms with van der Waals surface area (Å²) in [6.07, 6.45) is 0.726. The van der Waals surface area contributed by atoms with Gasteiger partial charge in [0.1, 0.15) is 5.75 Å². The molecule has 1 heterocycles. The lowest BCUT2D eigenvalue weighted by Gasteiger charge is -2.35. The Kier molecular flexibility index (Phi) is 6.24. The smallest absolute Gasteiger partial charge is 0.263 e. The lowest BCUT2D eigenvalue weighted by molar-refractivity contribution is -0.128. The molecule has 0 saturated carbocycles. The Morgan fingerprint density at radius 2 is 1.75 bits per heavy atom. The van der Waals surface area contributed by atoms with Gasteiger partial charge in [0.25, 0.3) is 5.91 Å². The minimum absolute atomic E-state index is 0.0435. The molecule has 2 aromatic rings. The Morgan fingerprint density at radius 1 is 1.11 bits per heavy atom. The molecule has 0 aromatic heterocycles. The number of para-hydroxylation sites is 2. The van der Waals surface area contributed by atoms with Crippen LogP contribution < -0.4 is 14.4 Å². The number of benzene rings is 2. The van der Waals surface area contributed by atoms with E-state index in [1.807, 2.05) is 32.0 Å². The highest BCUT2D eigenvalue weighted by atomic mass is 32.2. The van der Waals surface area contributed by atoms with E-state index in [0.717, 1.165) is 12.8 Å². The van der Waals surface area contributed by atoms with Gasteiger partial charge in [-0.1, -0.05) is 56.3 Å². The summed E-state index contributed by atoms with van der Waals surface area (Å²) in [5.41, 5.74) is 1.16. The largest absolute Gasteiger partial charge is 0.476 e. The van der Waals surface area contributed by atoms with Crippen molar-refractivity contribution in [3.05, 3.63) is 60.2 Å². The van der Waals surface area contributed by atoms with Gasteiger partial charge in [0.2, 0.25) is 10.0 Å². The van der Waals surface area contributed by atoms with E-state index < -0.39 is 16.1 Å². The number of nitrogens with zero attached hydrogens (tertiary/aromatic N) is 1. The molecule has 1 N–H and O–H groups in total. The Hall–Kier alpha value is -2.54. The van der Waals surface area contributed by atoms with Crippen LogP contribution in [0.15, 0.2) is 54.6 Å². The summed E-state index contributed by atoms with van der Waals surface area (Å²) in [7, 11) is -3.68. The summed E-state index contributed by atoms with van der Waals surface area (Å²) in [6.45, 7) is 3.96. The topological polar surface area (TPSA) is 75.7 Å². The average molecular weight is 403 g/mol. The highest BCUT2D eigenvalue weighted by Crippen LogP contribution is 2.35. The average Bonchev–Trinajstić information content (AvgIpc) is 2.71. The first-order valence-electron chi connectivity index (χ1n) is 9.55. The fourth-order valence-electron chi connectivity index (χ4n) is 3.25. The summed E-state index contributed by atoms with van der Waals surface area (Å²) < 4.78 is 33.5. The number of fused-ring (bicyclic) bond motifs is 1. The van der Waals surface area contributed by atoms with Crippen LogP contribution in [0.3, 0.4) is 0 Å². The molecule has 2 aromatic carbocycles. The molecular weight excluding hydrogens is 376 g/mol. The molecule has 1 atom stereocenters. The second-order valence-electron chi connectivity index (χ2n) is 6.87. The van der Waals surface area contributed by atoms with Crippen LogP contribution in [0.2, 0.25) is 0 Å². The van der Waals surface area contributed by atoms with Crippen molar-refractivity contribution in [2.24, 2.45) is 0 Å². The molecular formula is C21H26N2O4S. The summed E-state index contributed by atoms with van der Waals surface area (Å²) in [5.74, 6) is -0.0264. The molecule has 0 radical (unpaired) electrons. The van der Waals surface area contributed by atoms with Gasteiger partial charge in [-0.25, -0.2) is 8.42 Å². The maximum atomic E-state index is 13.2. The van der Waals surface area contributed by atoms with E-state index in [1.165, 1.54) is 4.31 Å². The molecule has 1 aliphatic heterocycles. The zero-order valence-electron chi connectivity index (χ0n) is 16.2. The summed E-state index contributed by atoms with van der Waals surface area (Å²) in [6, 6.07) is 16.0. The Labute approximate surface area is 166 Å². The van der Waals surface area contributed by atoms with Gasteiger partial charge >= 0.3 is 0 Å². The van der Waals surface area contributed by atoms with Crippen molar-refractivity contribution in [2.75, 3.05) is 10.8 Å². The summed E-state index contributed by atoms with van der Waals surface area (Å²) in [4.78, 5) is 12.7. The second-order valence-corrected chi connectivity index (χ2v) is 8.76. The van der Waals surface area contributed by atoms with Crippen molar-refractivity contribution in [1.29, 1.82) is 0 Å². The van der Waals surface area contributed by atoms with E-state index in [9.17, 15) is 13.2 Å². The van der Waals surface area contributed by atoms with Gasteiger partial charge in [-0.2, -0.15) is 0 Å². The van der Waals surface area contributed by atoms with Crippen molar-refractivity contribution in [1.82, 2.24) is 5.32 Å². The number of amides is 1. The quantitative estimate of drug-likeness (QED) is 0.772. The summed E-state index contributed by atoms with van der Waals surface area (Å²) >= 11 is 0. The third kappa shape index (κ3) is 4.47. The molecule has 28 heavy (non-hydrogen) atoms. The number of nitrogens with one attached hydrogen (secondary N) is 1. The lowest BCUT2D eigenvalue weighted by atomic mass is 10.1. The zero-order valence-corrected chi connectivity index (χ0v) is 17.0. The molecule has 0 bridgehead atoms. The van der Waals surface area contributed by atoms with Gasteiger partial charge in [0.15, 0.2) is 6.10 Å². The van der Waals surface area contributed by atoms with Crippen LogP contribution in [-0.4, -0.2) is 33.0 Å². The fraction of sp³-hybridized carbons (Fsp3) is 0.381. The van der Waals surface area contributed by atoms with Gasteiger partial charge in [-0.3, -0.25) is 9.10 Å². The van der Waals surface area contributed by atoms with Crippen LogP contribution in [0.25, 0.3) is 0 Å². The standard InChI is InChI=1S/C21H26N2O4S/c1-3-17(4-2)22-21(24)20-14-23(18-12-8-9-13-19(18)27-20)28(25,26)15-16-10-6-5-7-11-16/h5-13,17,20H,3-4,14-15H2,1-2H3,(H,22,24). The molecule has 0 fully saturated rings. The first-order chi connectivity index (χ1) is 13.4. The summed E-state index contributed by atoms with van der Waals surface area (Å²) in [5, 5.41) is 2.95. The molecule has 1 aliphatic rings. The van der Waals surface area contributed by atoms with E-state index in [4.69, 9.17) is 4.74 Å². The van der Waals surface area contributed by atoms with Crippen LogP contribution in [0.5, 0.6) is 5.75 Å². The first-order valence-corrected chi connectivity index (χ1v) is 11.2. The second kappa shape index (κ2) is 8.65. The van der Waals surface area contributed by atoms with Crippen molar-refractivity contribution in [3.63, 3.8) is 0 Å². The van der Waals surface area contributed by atoms with Crippen molar-refractivity contribution in [3.8, 4) is 5.75 Å². The predicted molar refractivity (Wildman–Crippen MR) is 110 cm³/mol. The zero-order chi connectivity index (χ0) is 20.1. The lowest BCUT2D eigenvalue weighted by Crippen LogP contribution is -2.52. The first kappa shape index (κ1) is 20.2. The number of anilines is 1. The third-order valence-electron chi connectivity index (χ3n) is 4.89. The number of carbonyl (C=O) groups excluding carboxylic acids is 1. The van der Waals surface area contributed by atoms with E-state index in [1.54, 1.807) is 36.4 Å². The minimum Gasteiger partial charge on any atom is -0.476 e. The van der Waals surface area contributed by atoms with Crippen LogP contribution in [0.1, 0.15) is 32.3 Å². The van der Waals surface area contributed by atoms with E-state index in [2.05, 4.69) is 5.32 Å². The molecule has 7 heteroatoms. The molecule has 0 spiro atoms. The molecule has 3 rings (SSSR count). The highest BCUT2D eigenvalue weighted by Gasteiger charge is 2.37. The van der Waals surface area contributed by atoms with Gasteiger partial charge in [0, 0.05) is 6.04 Å². The number of carbonyl (C=O) groups is 1. The minimum atomic E-state index is -3.68.